The van der Waals surface area contributed by atoms with Crippen LogP contribution in [0.4, 0.5) is 23.5 Å². The lowest BCUT2D eigenvalue weighted by Crippen LogP contribution is -2.55. The van der Waals surface area contributed by atoms with Crippen LogP contribution in [0.1, 0.15) is 38.2 Å². The van der Waals surface area contributed by atoms with Crippen LogP contribution < -0.4 is 9.64 Å². The number of piperidine rings is 1. The molecule has 1 aromatic carbocycles. The molecule has 2 atom stereocenters. The summed E-state index contributed by atoms with van der Waals surface area (Å²) in [6, 6.07) is 4.34. The van der Waals surface area contributed by atoms with Gasteiger partial charge in [-0.3, -0.25) is 4.79 Å². The van der Waals surface area contributed by atoms with Crippen LogP contribution in [0.25, 0.3) is 0 Å². The Bertz CT molecular complexity index is 1150. The van der Waals surface area contributed by atoms with Crippen LogP contribution in [0.2, 0.25) is 5.02 Å². The minimum absolute atomic E-state index is 0.155. The lowest BCUT2D eigenvalue weighted by molar-refractivity contribution is -0.209. The van der Waals surface area contributed by atoms with Crippen molar-refractivity contribution in [2.45, 2.75) is 45.2 Å². The Hall–Kier alpha value is -2.62. The highest BCUT2D eigenvalue weighted by atomic mass is 35.5. The van der Waals surface area contributed by atoms with Gasteiger partial charge in [-0.05, 0) is 54.6 Å². The van der Waals surface area contributed by atoms with Crippen molar-refractivity contribution in [2.75, 3.05) is 37.7 Å². The zero-order valence-electron chi connectivity index (χ0n) is 21.2. The molecule has 1 saturated carbocycles. The van der Waals surface area contributed by atoms with Crippen molar-refractivity contribution in [2.24, 2.45) is 23.2 Å². The Labute approximate surface area is 224 Å². The molecule has 3 heterocycles. The van der Waals surface area contributed by atoms with E-state index < -0.39 is 23.8 Å². The normalized spacial score (nSPS) is 24.3. The predicted octanol–water partition coefficient (Wildman–Crippen LogP) is 5.54. The fourth-order valence-electron chi connectivity index (χ4n) is 5.86. The van der Waals surface area contributed by atoms with Crippen LogP contribution in [-0.2, 0) is 11.2 Å². The first-order valence-electron chi connectivity index (χ1n) is 13.0. The van der Waals surface area contributed by atoms with Crippen molar-refractivity contribution in [3.05, 3.63) is 47.0 Å². The van der Waals surface area contributed by atoms with Crippen LogP contribution in [0.5, 0.6) is 5.75 Å². The molecule has 0 radical (unpaired) electrons. The minimum Gasteiger partial charge on any atom is -0.493 e. The molecule has 2 aromatic rings. The molecular weight excluding hydrogens is 524 g/mol. The van der Waals surface area contributed by atoms with Gasteiger partial charge in [-0.25, -0.2) is 14.4 Å². The number of hydrogen-bond acceptors (Lipinski definition) is 5. The molecule has 1 aliphatic carbocycles. The van der Waals surface area contributed by atoms with Gasteiger partial charge in [-0.15, -0.1) is 0 Å². The molecule has 3 fully saturated rings. The maximum absolute atomic E-state index is 14.5. The lowest BCUT2D eigenvalue weighted by Gasteiger charge is -2.40. The van der Waals surface area contributed by atoms with E-state index in [2.05, 4.69) is 21.8 Å². The third-order valence-electron chi connectivity index (χ3n) is 8.57. The van der Waals surface area contributed by atoms with Gasteiger partial charge in [0.1, 0.15) is 11.6 Å². The Morgan fingerprint density at radius 2 is 1.87 bits per heavy atom. The molecule has 2 saturated heterocycles. The average Bonchev–Trinajstić information content (AvgIpc) is 3.50. The number of carbonyl (C=O) groups is 1. The zero-order valence-corrected chi connectivity index (χ0v) is 21.9. The smallest absolute Gasteiger partial charge is 0.395 e. The summed E-state index contributed by atoms with van der Waals surface area (Å²) in [6.07, 6.45) is 2.88. The first kappa shape index (κ1) is 27.0. The fourth-order valence-corrected chi connectivity index (χ4v) is 5.95. The van der Waals surface area contributed by atoms with E-state index in [9.17, 15) is 22.4 Å². The standard InChI is InChI=1S/C27H31ClF4N4O2/c1-26(18-4-7-35(8-5-18)25-33-13-21(28)14-34-25)12-19(26)6-9-38-22-3-2-17(23(29)11-22)10-24(37)36-15-20(16-36)27(30,31)32/h2-3,11,13-14,18-20H,4-10,12,15-16H2,1H3. The second-order valence-electron chi connectivity index (χ2n) is 11.0. The maximum Gasteiger partial charge on any atom is 0.395 e. The number of carbonyl (C=O) groups excluding carboxylic acids is 1. The first-order valence-corrected chi connectivity index (χ1v) is 13.4. The average molecular weight is 555 g/mol. The Morgan fingerprint density at radius 1 is 1.18 bits per heavy atom. The van der Waals surface area contributed by atoms with E-state index in [1.54, 1.807) is 18.5 Å². The van der Waals surface area contributed by atoms with Crippen LogP contribution in [0, 0.1) is 29.0 Å². The summed E-state index contributed by atoms with van der Waals surface area (Å²) in [7, 11) is 0. The highest BCUT2D eigenvalue weighted by Gasteiger charge is 2.54. The molecule has 2 aliphatic heterocycles. The number of aromatic nitrogens is 2. The highest BCUT2D eigenvalue weighted by molar-refractivity contribution is 6.30. The van der Waals surface area contributed by atoms with Crippen LogP contribution in [0.3, 0.4) is 0 Å². The van der Waals surface area contributed by atoms with Crippen molar-refractivity contribution in [3.63, 3.8) is 0 Å². The second kappa shape index (κ2) is 10.5. The molecule has 0 bridgehead atoms. The molecule has 38 heavy (non-hydrogen) atoms. The van der Waals surface area contributed by atoms with E-state index in [0.29, 0.717) is 29.2 Å². The third-order valence-corrected chi connectivity index (χ3v) is 8.77. The Kier molecular flexibility index (Phi) is 7.46. The van der Waals surface area contributed by atoms with Crippen LogP contribution in [0.15, 0.2) is 30.6 Å². The molecule has 11 heteroatoms. The van der Waals surface area contributed by atoms with Gasteiger partial charge in [0.2, 0.25) is 11.9 Å². The summed E-state index contributed by atoms with van der Waals surface area (Å²) in [5.41, 5.74) is 0.441. The number of halogens is 5. The van der Waals surface area contributed by atoms with E-state index in [0.717, 1.165) is 49.6 Å². The number of ether oxygens (including phenoxy) is 1. The van der Waals surface area contributed by atoms with E-state index in [1.165, 1.54) is 12.1 Å². The molecule has 2 unspecified atom stereocenters. The lowest BCUT2D eigenvalue weighted by atomic mass is 9.81. The number of rotatable bonds is 8. The SMILES string of the molecule is CC1(C2CCN(c3ncc(Cl)cn3)CC2)CC1CCOc1ccc(CC(=O)N2CC(C(F)(F)F)C2)c(F)c1. The number of amides is 1. The molecular formula is C27H31ClF4N4O2. The molecule has 5 rings (SSSR count). The van der Waals surface area contributed by atoms with Crippen molar-refractivity contribution in [1.29, 1.82) is 0 Å². The molecule has 3 aliphatic rings. The largest absolute Gasteiger partial charge is 0.493 e. The monoisotopic (exact) mass is 554 g/mol. The number of benzene rings is 1. The van der Waals surface area contributed by atoms with Gasteiger partial charge in [-0.1, -0.05) is 24.6 Å². The van der Waals surface area contributed by atoms with E-state index >= 15 is 0 Å². The van der Waals surface area contributed by atoms with E-state index in [4.69, 9.17) is 16.3 Å². The molecule has 6 nitrogen and oxygen atoms in total. The predicted molar refractivity (Wildman–Crippen MR) is 135 cm³/mol. The third kappa shape index (κ3) is 5.84. The first-order chi connectivity index (χ1) is 18.0. The quantitative estimate of drug-likeness (QED) is 0.401. The molecule has 1 aromatic heterocycles. The maximum atomic E-state index is 14.5. The van der Waals surface area contributed by atoms with Crippen LogP contribution in [-0.4, -0.2) is 59.7 Å². The van der Waals surface area contributed by atoms with Gasteiger partial charge in [0, 0.05) is 32.2 Å². The van der Waals surface area contributed by atoms with Gasteiger partial charge in [0.15, 0.2) is 0 Å². The summed E-state index contributed by atoms with van der Waals surface area (Å²) in [5, 5.41) is 0.528. The zero-order chi connectivity index (χ0) is 27.1. The summed E-state index contributed by atoms with van der Waals surface area (Å²) in [6.45, 7) is 3.93. The summed E-state index contributed by atoms with van der Waals surface area (Å²) in [4.78, 5) is 24.2. The fraction of sp³-hybridized carbons (Fsp3) is 0.593. The topological polar surface area (TPSA) is 58.6 Å². The van der Waals surface area contributed by atoms with Gasteiger partial charge in [-0.2, -0.15) is 13.2 Å². The number of nitrogens with zero attached hydrogens (tertiary/aromatic N) is 4. The summed E-state index contributed by atoms with van der Waals surface area (Å²) < 4.78 is 58.2. The van der Waals surface area contributed by atoms with Crippen molar-refractivity contribution in [3.8, 4) is 5.75 Å². The van der Waals surface area contributed by atoms with Crippen molar-refractivity contribution in [1.82, 2.24) is 14.9 Å². The van der Waals surface area contributed by atoms with E-state index in [-0.39, 0.29) is 30.5 Å². The number of hydrogen-bond donors (Lipinski definition) is 0. The summed E-state index contributed by atoms with van der Waals surface area (Å²) >= 11 is 5.89. The number of anilines is 1. The van der Waals surface area contributed by atoms with Crippen molar-refractivity contribution >= 4 is 23.5 Å². The van der Waals surface area contributed by atoms with Crippen LogP contribution >= 0.6 is 11.6 Å². The second-order valence-corrected chi connectivity index (χ2v) is 11.4. The highest BCUT2D eigenvalue weighted by Crippen LogP contribution is 2.61. The Morgan fingerprint density at radius 3 is 2.50 bits per heavy atom. The van der Waals surface area contributed by atoms with Gasteiger partial charge >= 0.3 is 6.18 Å². The van der Waals surface area contributed by atoms with Crippen molar-refractivity contribution < 1.29 is 27.1 Å². The minimum atomic E-state index is -4.30. The van der Waals surface area contributed by atoms with E-state index in [1.807, 2.05) is 0 Å². The van der Waals surface area contributed by atoms with Gasteiger partial charge in [0.25, 0.3) is 0 Å². The molecule has 0 spiro atoms. The molecule has 206 valence electrons. The number of likely N-dealkylation sites (tertiary alicyclic amines) is 1. The molecule has 1 amide bonds. The number of alkyl halides is 3. The summed E-state index contributed by atoms with van der Waals surface area (Å²) in [5.74, 6) is -0.283. The Balaban J connectivity index is 1.04. The van der Waals surface area contributed by atoms with Gasteiger partial charge in [0.05, 0.1) is 36.4 Å². The molecule has 0 N–H and O–H groups in total. The van der Waals surface area contributed by atoms with Gasteiger partial charge < -0.3 is 14.5 Å².